The Labute approximate surface area is 83.3 Å². The third-order valence-electron chi connectivity index (χ3n) is 2.80. The van der Waals surface area contributed by atoms with E-state index in [-0.39, 0.29) is 17.9 Å². The molecule has 0 radical (unpaired) electrons. The van der Waals surface area contributed by atoms with E-state index in [4.69, 9.17) is 5.73 Å². The quantitative estimate of drug-likeness (QED) is 0.419. The van der Waals surface area contributed by atoms with E-state index in [9.17, 15) is 15.0 Å². The second kappa shape index (κ2) is 4.25. The maximum Gasteiger partial charge on any atom is 0.217 e. The molecule has 1 amide bonds. The molecular weight excluding hydrogens is 184 g/mol. The summed E-state index contributed by atoms with van der Waals surface area (Å²) in [7, 11) is 0. The van der Waals surface area contributed by atoms with E-state index in [1.165, 1.54) is 6.92 Å². The highest BCUT2D eigenvalue weighted by molar-refractivity contribution is 5.73. The molecule has 0 bridgehead atoms. The van der Waals surface area contributed by atoms with Crippen LogP contribution in [-0.4, -0.2) is 40.4 Å². The lowest BCUT2D eigenvalue weighted by Crippen LogP contribution is -2.62. The molecule has 0 aromatic carbocycles. The molecule has 0 heterocycles. The number of carbonyl (C=O) groups excluding carboxylic acids is 1. The molecule has 82 valence electrons. The second-order valence-electron chi connectivity index (χ2n) is 4.07. The molecule has 1 saturated carbocycles. The first kappa shape index (κ1) is 11.4. The minimum Gasteiger partial charge on any atom is -0.391 e. The predicted molar refractivity (Wildman–Crippen MR) is 51.4 cm³/mol. The average molecular weight is 202 g/mol. The van der Waals surface area contributed by atoms with Crippen molar-refractivity contribution in [1.82, 2.24) is 5.32 Å². The summed E-state index contributed by atoms with van der Waals surface area (Å²) < 4.78 is 0. The number of aliphatic hydroxyl groups excluding tert-OH is 2. The SMILES string of the molecule is CC(=O)N[C@@H]1[C@H](O)[C@@H](N)[C@@H](O)C[C@@H]1C. The van der Waals surface area contributed by atoms with Crippen molar-refractivity contribution in [2.45, 2.75) is 44.6 Å². The highest BCUT2D eigenvalue weighted by Crippen LogP contribution is 2.24. The number of carbonyl (C=O) groups is 1. The Balaban J connectivity index is 2.68. The van der Waals surface area contributed by atoms with Gasteiger partial charge in [0.05, 0.1) is 24.3 Å². The Hall–Kier alpha value is -0.650. The highest BCUT2D eigenvalue weighted by atomic mass is 16.3. The van der Waals surface area contributed by atoms with Crippen LogP contribution in [0.4, 0.5) is 0 Å². The molecule has 0 unspecified atom stereocenters. The monoisotopic (exact) mass is 202 g/mol. The summed E-state index contributed by atoms with van der Waals surface area (Å²) in [5.41, 5.74) is 5.60. The summed E-state index contributed by atoms with van der Waals surface area (Å²) >= 11 is 0. The lowest BCUT2D eigenvalue weighted by molar-refractivity contribution is -0.122. The Morgan fingerprint density at radius 3 is 2.57 bits per heavy atom. The molecule has 1 aliphatic carbocycles. The summed E-state index contributed by atoms with van der Waals surface area (Å²) in [6.45, 7) is 3.27. The van der Waals surface area contributed by atoms with Crippen LogP contribution >= 0.6 is 0 Å². The van der Waals surface area contributed by atoms with E-state index in [0.29, 0.717) is 6.42 Å². The maximum absolute atomic E-state index is 10.9. The van der Waals surface area contributed by atoms with Crippen LogP contribution < -0.4 is 11.1 Å². The Kier molecular flexibility index (Phi) is 3.47. The largest absolute Gasteiger partial charge is 0.391 e. The molecule has 1 rings (SSSR count). The average Bonchev–Trinajstić information content (AvgIpc) is 2.09. The number of nitrogens with two attached hydrogens (primary N) is 1. The van der Waals surface area contributed by atoms with Gasteiger partial charge in [-0.2, -0.15) is 0 Å². The normalized spacial score (nSPS) is 43.4. The van der Waals surface area contributed by atoms with Crippen molar-refractivity contribution in [3.8, 4) is 0 Å². The molecule has 0 saturated heterocycles. The van der Waals surface area contributed by atoms with Crippen molar-refractivity contribution in [3.63, 3.8) is 0 Å². The van der Waals surface area contributed by atoms with Gasteiger partial charge >= 0.3 is 0 Å². The van der Waals surface area contributed by atoms with Crippen molar-refractivity contribution in [3.05, 3.63) is 0 Å². The van der Waals surface area contributed by atoms with E-state index >= 15 is 0 Å². The fourth-order valence-corrected chi connectivity index (χ4v) is 1.95. The first-order valence-corrected chi connectivity index (χ1v) is 4.82. The van der Waals surface area contributed by atoms with Gasteiger partial charge in [0.2, 0.25) is 5.91 Å². The molecule has 0 spiro atoms. The number of hydrogen-bond acceptors (Lipinski definition) is 4. The van der Waals surface area contributed by atoms with Crippen molar-refractivity contribution >= 4 is 5.91 Å². The van der Waals surface area contributed by atoms with E-state index in [1.807, 2.05) is 6.92 Å². The van der Waals surface area contributed by atoms with Crippen LogP contribution in [0, 0.1) is 5.92 Å². The van der Waals surface area contributed by atoms with Crippen LogP contribution in [0.25, 0.3) is 0 Å². The topological polar surface area (TPSA) is 95.6 Å². The summed E-state index contributed by atoms with van der Waals surface area (Å²) in [5, 5.41) is 21.9. The van der Waals surface area contributed by atoms with E-state index in [0.717, 1.165) is 0 Å². The van der Waals surface area contributed by atoms with Gasteiger partial charge in [0, 0.05) is 6.92 Å². The first-order chi connectivity index (χ1) is 6.43. The number of rotatable bonds is 1. The van der Waals surface area contributed by atoms with Crippen LogP contribution in [-0.2, 0) is 4.79 Å². The summed E-state index contributed by atoms with van der Waals surface area (Å²) in [4.78, 5) is 10.9. The zero-order chi connectivity index (χ0) is 10.9. The molecule has 0 aliphatic heterocycles. The Morgan fingerprint density at radius 1 is 1.50 bits per heavy atom. The van der Waals surface area contributed by atoms with Crippen LogP contribution in [0.1, 0.15) is 20.3 Å². The van der Waals surface area contributed by atoms with E-state index < -0.39 is 18.2 Å². The van der Waals surface area contributed by atoms with Crippen LogP contribution in [0.5, 0.6) is 0 Å². The molecule has 5 heteroatoms. The van der Waals surface area contributed by atoms with E-state index in [2.05, 4.69) is 5.32 Å². The molecule has 0 aromatic rings. The Morgan fingerprint density at radius 2 is 2.07 bits per heavy atom. The van der Waals surface area contributed by atoms with Gasteiger partial charge in [-0.3, -0.25) is 4.79 Å². The van der Waals surface area contributed by atoms with Crippen molar-refractivity contribution in [2.75, 3.05) is 0 Å². The van der Waals surface area contributed by atoms with Crippen LogP contribution in [0.2, 0.25) is 0 Å². The zero-order valence-corrected chi connectivity index (χ0v) is 8.47. The summed E-state index contributed by atoms with van der Waals surface area (Å²) in [5.74, 6) is -0.159. The molecule has 5 atom stereocenters. The molecule has 5 nitrogen and oxygen atoms in total. The van der Waals surface area contributed by atoms with Gasteiger partial charge in [-0.15, -0.1) is 0 Å². The number of nitrogens with one attached hydrogen (secondary N) is 1. The third-order valence-corrected chi connectivity index (χ3v) is 2.80. The number of hydrogen-bond donors (Lipinski definition) is 4. The molecule has 1 fully saturated rings. The predicted octanol–water partition coefficient (Wildman–Crippen LogP) is -1.42. The molecular formula is C9H18N2O3. The minimum atomic E-state index is -0.877. The summed E-state index contributed by atoms with van der Waals surface area (Å²) in [6, 6.07) is -1.03. The molecule has 14 heavy (non-hydrogen) atoms. The van der Waals surface area contributed by atoms with E-state index in [1.54, 1.807) is 0 Å². The zero-order valence-electron chi connectivity index (χ0n) is 8.47. The fraction of sp³-hybridized carbons (Fsp3) is 0.889. The molecule has 5 N–H and O–H groups in total. The van der Waals surface area contributed by atoms with Crippen molar-refractivity contribution in [2.24, 2.45) is 11.7 Å². The molecule has 0 aromatic heterocycles. The number of amides is 1. The van der Waals surface area contributed by atoms with Crippen molar-refractivity contribution < 1.29 is 15.0 Å². The lowest BCUT2D eigenvalue weighted by atomic mass is 9.79. The lowest BCUT2D eigenvalue weighted by Gasteiger charge is -2.40. The first-order valence-electron chi connectivity index (χ1n) is 4.82. The maximum atomic E-state index is 10.9. The van der Waals surface area contributed by atoms with Crippen LogP contribution in [0.3, 0.4) is 0 Å². The minimum absolute atomic E-state index is 0.0312. The number of aliphatic hydroxyl groups is 2. The highest BCUT2D eigenvalue weighted by Gasteiger charge is 2.40. The third kappa shape index (κ3) is 2.23. The van der Waals surface area contributed by atoms with Gasteiger partial charge in [0.15, 0.2) is 0 Å². The second-order valence-corrected chi connectivity index (χ2v) is 4.07. The van der Waals surface area contributed by atoms with Gasteiger partial charge in [-0.25, -0.2) is 0 Å². The van der Waals surface area contributed by atoms with Gasteiger partial charge < -0.3 is 21.3 Å². The van der Waals surface area contributed by atoms with Crippen LogP contribution in [0.15, 0.2) is 0 Å². The van der Waals surface area contributed by atoms with Gasteiger partial charge in [-0.1, -0.05) is 6.92 Å². The smallest absolute Gasteiger partial charge is 0.217 e. The fourth-order valence-electron chi connectivity index (χ4n) is 1.95. The summed E-state index contributed by atoms with van der Waals surface area (Å²) in [6.07, 6.45) is -1.06. The van der Waals surface area contributed by atoms with Gasteiger partial charge in [0.1, 0.15) is 0 Å². The van der Waals surface area contributed by atoms with Gasteiger partial charge in [0.25, 0.3) is 0 Å². The standard InChI is InChI=1S/C9H18N2O3/c1-4-3-6(13)7(10)9(14)8(4)11-5(2)12/h4,6-9,13-14H,3,10H2,1-2H3,(H,11,12)/t4-,6-,7-,8-,9+/m0/s1. The Bertz CT molecular complexity index is 222. The van der Waals surface area contributed by atoms with Crippen molar-refractivity contribution in [1.29, 1.82) is 0 Å². The molecule has 1 aliphatic rings. The van der Waals surface area contributed by atoms with Gasteiger partial charge in [-0.05, 0) is 12.3 Å².